The predicted octanol–water partition coefficient (Wildman–Crippen LogP) is 0.582. The van der Waals surface area contributed by atoms with E-state index >= 15 is 0 Å². The normalized spacial score (nSPS) is 11.1. The minimum absolute atomic E-state index is 0.0120. The summed E-state index contributed by atoms with van der Waals surface area (Å²) in [5, 5.41) is 14.0. The summed E-state index contributed by atoms with van der Waals surface area (Å²) in [6.45, 7) is 4.92. The number of H-pyrrole nitrogens is 1. The van der Waals surface area contributed by atoms with E-state index in [9.17, 15) is 19.5 Å². The Balaban J connectivity index is 2.36. The van der Waals surface area contributed by atoms with E-state index in [0.29, 0.717) is 5.56 Å². The quantitative estimate of drug-likeness (QED) is 0.423. The highest BCUT2D eigenvalue weighted by molar-refractivity contribution is 6.02. The Morgan fingerprint density at radius 3 is 2.67 bits per heavy atom. The molecular formula is C16H16N4O4. The van der Waals surface area contributed by atoms with Crippen molar-refractivity contribution < 1.29 is 9.90 Å². The third kappa shape index (κ3) is 3.49. The topological polar surface area (TPSA) is 117 Å². The smallest absolute Gasteiger partial charge is 0.331 e. The number of nitrogens with zero attached hydrogens (tertiary/aromatic N) is 2. The molecule has 0 spiro atoms. The zero-order valence-corrected chi connectivity index (χ0v) is 12.9. The third-order valence-corrected chi connectivity index (χ3v) is 3.21. The van der Waals surface area contributed by atoms with Gasteiger partial charge in [0.1, 0.15) is 5.56 Å². The molecule has 8 heteroatoms. The molecule has 124 valence electrons. The first-order valence-corrected chi connectivity index (χ1v) is 7.02. The summed E-state index contributed by atoms with van der Waals surface area (Å²) in [5.74, 6) is -1.01. The van der Waals surface area contributed by atoms with E-state index in [4.69, 9.17) is 0 Å². The molecule has 0 radical (unpaired) electrons. The van der Waals surface area contributed by atoms with Crippen LogP contribution in [0.25, 0.3) is 0 Å². The number of nitrogens with one attached hydrogen (secondary N) is 2. The van der Waals surface area contributed by atoms with Gasteiger partial charge in [-0.15, -0.1) is 6.58 Å². The van der Waals surface area contributed by atoms with Crippen LogP contribution in [-0.4, -0.2) is 26.3 Å². The standard InChI is InChI=1S/C16H16N4O4/c1-3-9-20-15(23)12(14(22)17-16(20)24)10(2)18-19-13(21)11-7-5-4-6-8-11/h3-8,23H,1,9H2,2H3,(H,19,21)(H,17,22,24). The van der Waals surface area contributed by atoms with Crippen LogP contribution in [0.1, 0.15) is 22.8 Å². The van der Waals surface area contributed by atoms with Crippen LogP contribution in [0.2, 0.25) is 0 Å². The highest BCUT2D eigenvalue weighted by Gasteiger charge is 2.16. The molecule has 1 amide bonds. The minimum atomic E-state index is -0.798. The molecule has 1 heterocycles. The zero-order chi connectivity index (χ0) is 17.7. The average molecular weight is 328 g/mol. The van der Waals surface area contributed by atoms with Crippen LogP contribution in [0.15, 0.2) is 57.7 Å². The minimum Gasteiger partial charge on any atom is -0.494 e. The lowest BCUT2D eigenvalue weighted by molar-refractivity contribution is 0.0955. The number of carbonyl (C=O) groups excluding carboxylic acids is 1. The number of aromatic amines is 1. The predicted molar refractivity (Wildman–Crippen MR) is 89.3 cm³/mol. The number of hydrogen-bond acceptors (Lipinski definition) is 5. The molecule has 0 bridgehead atoms. The second-order valence-electron chi connectivity index (χ2n) is 4.86. The largest absolute Gasteiger partial charge is 0.494 e. The number of allylic oxidation sites excluding steroid dienone is 1. The van der Waals surface area contributed by atoms with E-state index in [-0.39, 0.29) is 17.8 Å². The van der Waals surface area contributed by atoms with Gasteiger partial charge < -0.3 is 5.11 Å². The molecule has 2 rings (SSSR count). The number of amides is 1. The molecule has 8 nitrogen and oxygen atoms in total. The maximum absolute atomic E-state index is 11.9. The lowest BCUT2D eigenvalue weighted by Gasteiger charge is -2.09. The summed E-state index contributed by atoms with van der Waals surface area (Å²) in [4.78, 5) is 37.6. The van der Waals surface area contributed by atoms with E-state index in [1.807, 2.05) is 0 Å². The van der Waals surface area contributed by atoms with Gasteiger partial charge in [-0.2, -0.15) is 5.10 Å². The van der Waals surface area contributed by atoms with Crippen molar-refractivity contribution in [2.24, 2.45) is 5.10 Å². The Hall–Kier alpha value is -3.42. The number of carbonyl (C=O) groups is 1. The van der Waals surface area contributed by atoms with E-state index in [1.54, 1.807) is 30.3 Å². The maximum Gasteiger partial charge on any atom is 0.331 e. The van der Waals surface area contributed by atoms with E-state index < -0.39 is 23.0 Å². The fraction of sp³-hybridized carbons (Fsp3) is 0.125. The highest BCUT2D eigenvalue weighted by Crippen LogP contribution is 2.11. The molecule has 0 saturated heterocycles. The molecule has 3 N–H and O–H groups in total. The van der Waals surface area contributed by atoms with Crippen molar-refractivity contribution in [2.75, 3.05) is 0 Å². The number of hydrazone groups is 1. The van der Waals surface area contributed by atoms with Gasteiger partial charge in [-0.05, 0) is 19.1 Å². The molecule has 2 aromatic rings. The van der Waals surface area contributed by atoms with Crippen molar-refractivity contribution in [3.63, 3.8) is 0 Å². The summed E-state index contributed by atoms with van der Waals surface area (Å²) in [6, 6.07) is 8.38. The molecule has 0 saturated carbocycles. The first-order valence-electron chi connectivity index (χ1n) is 7.02. The van der Waals surface area contributed by atoms with Crippen molar-refractivity contribution >= 4 is 11.6 Å². The molecule has 1 aromatic heterocycles. The Labute approximate surface area is 136 Å². The first-order chi connectivity index (χ1) is 11.5. The van der Waals surface area contributed by atoms with Gasteiger partial charge in [-0.1, -0.05) is 24.3 Å². The number of aromatic nitrogens is 2. The lowest BCUT2D eigenvalue weighted by atomic mass is 10.2. The summed E-state index contributed by atoms with van der Waals surface area (Å²) >= 11 is 0. The second kappa shape index (κ2) is 7.23. The van der Waals surface area contributed by atoms with E-state index in [1.165, 1.54) is 13.0 Å². The van der Waals surface area contributed by atoms with Crippen molar-refractivity contribution in [3.05, 3.63) is 75.0 Å². The summed E-state index contributed by atoms with van der Waals surface area (Å²) < 4.78 is 0.932. The van der Waals surface area contributed by atoms with Crippen LogP contribution in [-0.2, 0) is 6.54 Å². The molecule has 0 aliphatic carbocycles. The van der Waals surface area contributed by atoms with Gasteiger partial charge in [0.2, 0.25) is 5.88 Å². The molecule has 0 unspecified atom stereocenters. The Morgan fingerprint density at radius 1 is 1.38 bits per heavy atom. The van der Waals surface area contributed by atoms with E-state index in [2.05, 4.69) is 22.1 Å². The SMILES string of the molecule is C=CCn1c(O)c(C(C)=NNC(=O)c2ccccc2)c(=O)[nH]c1=O. The lowest BCUT2D eigenvalue weighted by Crippen LogP contribution is -2.34. The van der Waals surface area contributed by atoms with Gasteiger partial charge in [0, 0.05) is 12.1 Å². The van der Waals surface area contributed by atoms with Crippen LogP contribution >= 0.6 is 0 Å². The van der Waals surface area contributed by atoms with Crippen LogP contribution in [0, 0.1) is 0 Å². The van der Waals surface area contributed by atoms with Gasteiger partial charge in [-0.3, -0.25) is 19.1 Å². The highest BCUT2D eigenvalue weighted by atomic mass is 16.3. The fourth-order valence-corrected chi connectivity index (χ4v) is 2.03. The van der Waals surface area contributed by atoms with Crippen molar-refractivity contribution in [3.8, 4) is 5.88 Å². The van der Waals surface area contributed by atoms with Gasteiger partial charge in [0.05, 0.1) is 5.71 Å². The molecule has 0 aliphatic rings. The van der Waals surface area contributed by atoms with E-state index in [0.717, 1.165) is 4.57 Å². The monoisotopic (exact) mass is 328 g/mol. The molecule has 0 aliphatic heterocycles. The van der Waals surface area contributed by atoms with Crippen LogP contribution in [0.3, 0.4) is 0 Å². The van der Waals surface area contributed by atoms with Crippen molar-refractivity contribution in [1.29, 1.82) is 0 Å². The van der Waals surface area contributed by atoms with Crippen LogP contribution < -0.4 is 16.7 Å². The number of benzene rings is 1. The molecule has 0 fully saturated rings. The molecular weight excluding hydrogens is 312 g/mol. The summed E-state index contributed by atoms with van der Waals surface area (Å²) in [5.41, 5.74) is 0.976. The maximum atomic E-state index is 11.9. The zero-order valence-electron chi connectivity index (χ0n) is 12.9. The van der Waals surface area contributed by atoms with Gasteiger partial charge >= 0.3 is 5.69 Å². The van der Waals surface area contributed by atoms with Gasteiger partial charge in [0.15, 0.2) is 0 Å². The Morgan fingerprint density at radius 2 is 2.04 bits per heavy atom. The van der Waals surface area contributed by atoms with Crippen molar-refractivity contribution in [1.82, 2.24) is 15.0 Å². The molecule has 0 atom stereocenters. The number of rotatable bonds is 5. The summed E-state index contributed by atoms with van der Waals surface area (Å²) in [7, 11) is 0. The third-order valence-electron chi connectivity index (χ3n) is 3.21. The average Bonchev–Trinajstić information content (AvgIpc) is 2.57. The van der Waals surface area contributed by atoms with Crippen LogP contribution in [0.4, 0.5) is 0 Å². The Bertz CT molecular complexity index is 910. The van der Waals surface area contributed by atoms with Crippen LogP contribution in [0.5, 0.6) is 5.88 Å². The first kappa shape index (κ1) is 16.9. The van der Waals surface area contributed by atoms with Crippen molar-refractivity contribution in [2.45, 2.75) is 13.5 Å². The molecule has 1 aromatic carbocycles. The molecule has 24 heavy (non-hydrogen) atoms. The Kier molecular flexibility index (Phi) is 5.10. The fourth-order valence-electron chi connectivity index (χ4n) is 2.03. The number of hydrogen-bond donors (Lipinski definition) is 3. The summed E-state index contributed by atoms with van der Waals surface area (Å²) in [6.07, 6.45) is 1.40. The number of aromatic hydroxyl groups is 1. The second-order valence-corrected chi connectivity index (χ2v) is 4.86. The van der Waals surface area contributed by atoms with Gasteiger partial charge in [-0.25, -0.2) is 10.2 Å². The van der Waals surface area contributed by atoms with Gasteiger partial charge in [0.25, 0.3) is 11.5 Å².